The van der Waals surface area contributed by atoms with Crippen LogP contribution >= 0.6 is 7.26 Å². The molecule has 0 bridgehead atoms. The molecule has 2 atom stereocenters. The van der Waals surface area contributed by atoms with Crippen LogP contribution in [0.1, 0.15) is 40.0 Å². The second-order valence-electron chi connectivity index (χ2n) is 4.76. The molecule has 0 amide bonds. The van der Waals surface area contributed by atoms with Crippen LogP contribution in [0.15, 0.2) is 0 Å². The molecule has 0 aromatic rings. The van der Waals surface area contributed by atoms with Gasteiger partial charge in [0.15, 0.2) is 0 Å². The molecule has 1 rings (SSSR count). The molecule has 15 heavy (non-hydrogen) atoms. The van der Waals surface area contributed by atoms with Gasteiger partial charge in [-0.25, -0.2) is 0 Å². The van der Waals surface area contributed by atoms with Crippen molar-refractivity contribution in [3.63, 3.8) is 0 Å². The largest absolute Gasteiger partial charge is 2.00 e. The van der Waals surface area contributed by atoms with E-state index in [2.05, 4.69) is 33.9 Å². The summed E-state index contributed by atoms with van der Waals surface area (Å²) in [7, 11) is -0.583. The summed E-state index contributed by atoms with van der Waals surface area (Å²) in [4.78, 5) is 0. The van der Waals surface area contributed by atoms with Gasteiger partial charge in [0, 0.05) is 13.9 Å². The first kappa shape index (κ1) is 18.3. The molecule has 1 saturated carbocycles. The van der Waals surface area contributed by atoms with Crippen molar-refractivity contribution in [2.24, 2.45) is 5.92 Å². The summed E-state index contributed by atoms with van der Waals surface area (Å²) in [5, 5.41) is 0. The Bertz CT molecular complexity index is 155. The van der Waals surface area contributed by atoms with Crippen molar-refractivity contribution >= 4 is 7.26 Å². The van der Waals surface area contributed by atoms with Gasteiger partial charge in [-0.1, -0.05) is 6.92 Å². The molecule has 2 heteroatoms. The summed E-state index contributed by atoms with van der Waals surface area (Å²) in [5.41, 5.74) is 1.08. The van der Waals surface area contributed by atoms with Crippen molar-refractivity contribution in [2.45, 2.75) is 45.7 Å². The van der Waals surface area contributed by atoms with Crippen LogP contribution in [0.5, 0.6) is 0 Å². The summed E-state index contributed by atoms with van der Waals surface area (Å²) in [5.74, 6) is 0.965. The van der Waals surface area contributed by atoms with Gasteiger partial charge in [0.05, 0.1) is 18.0 Å². The Labute approximate surface area is 109 Å². The van der Waals surface area contributed by atoms with E-state index in [9.17, 15) is 0 Å². The minimum absolute atomic E-state index is 0. The third-order valence-electron chi connectivity index (χ3n) is 4.11. The maximum Gasteiger partial charge on any atom is 2.00 e. The van der Waals surface area contributed by atoms with E-state index in [1.54, 1.807) is 0 Å². The third kappa shape index (κ3) is 4.37. The standard InChI is InChI=1S/C12H25P.CH3.Fe/c1-5-13(4,6-2)12-10-8-7-9-11(12)3;;/h7,11-12H,5-6,8-10H2,1-4H3;1H3;/q;-1;+2. The van der Waals surface area contributed by atoms with Gasteiger partial charge >= 0.3 is 17.1 Å². The van der Waals surface area contributed by atoms with E-state index >= 15 is 0 Å². The average molecular weight is 271 g/mol. The topological polar surface area (TPSA) is 0 Å². The first-order valence-electron chi connectivity index (χ1n) is 5.80. The van der Waals surface area contributed by atoms with Crippen LogP contribution in [-0.4, -0.2) is 24.6 Å². The maximum absolute atomic E-state index is 2.60. The van der Waals surface area contributed by atoms with Crippen molar-refractivity contribution in [3.8, 4) is 0 Å². The molecule has 2 unspecified atom stereocenters. The summed E-state index contributed by atoms with van der Waals surface area (Å²) in [6, 6.07) is 0. The van der Waals surface area contributed by atoms with Crippen molar-refractivity contribution in [2.75, 3.05) is 19.0 Å². The Morgan fingerprint density at radius 1 is 1.27 bits per heavy atom. The predicted octanol–water partition coefficient (Wildman–Crippen LogP) is 4.51. The normalized spacial score (nSPS) is 26.4. The molecule has 0 nitrogen and oxygen atoms in total. The van der Waals surface area contributed by atoms with Gasteiger partial charge < -0.3 is 13.8 Å². The SMILES string of the molecule is CC[P+](C)(CC)C1CC[CH-]CC1C.[CH3-].[Fe+2]. The summed E-state index contributed by atoms with van der Waals surface area (Å²) < 4.78 is 0. The van der Waals surface area contributed by atoms with E-state index in [0.717, 1.165) is 11.6 Å². The molecular formula is C13H28FeP+. The van der Waals surface area contributed by atoms with Gasteiger partial charge in [-0.3, -0.25) is 0 Å². The van der Waals surface area contributed by atoms with Gasteiger partial charge in [-0.2, -0.15) is 12.8 Å². The fourth-order valence-electron chi connectivity index (χ4n) is 2.73. The average Bonchev–Trinajstić information content (AvgIpc) is 2.17. The Kier molecular flexibility index (Phi) is 9.89. The monoisotopic (exact) mass is 271 g/mol. The Morgan fingerprint density at radius 3 is 2.20 bits per heavy atom. The minimum Gasteiger partial charge on any atom is -0.358 e. The van der Waals surface area contributed by atoms with Crippen LogP contribution in [0.2, 0.25) is 0 Å². The number of hydrogen-bond acceptors (Lipinski definition) is 0. The van der Waals surface area contributed by atoms with Crippen LogP contribution < -0.4 is 0 Å². The molecular weight excluding hydrogens is 243 g/mol. The van der Waals surface area contributed by atoms with E-state index in [-0.39, 0.29) is 24.5 Å². The molecule has 0 aromatic carbocycles. The predicted molar refractivity (Wildman–Crippen MR) is 71.4 cm³/mol. The van der Waals surface area contributed by atoms with E-state index in [0.29, 0.717) is 0 Å². The molecule has 0 saturated heterocycles. The zero-order valence-electron chi connectivity index (χ0n) is 11.1. The Morgan fingerprint density at radius 2 is 1.80 bits per heavy atom. The van der Waals surface area contributed by atoms with E-state index in [1.807, 2.05) is 0 Å². The zero-order chi connectivity index (χ0) is 9.90. The van der Waals surface area contributed by atoms with Crippen molar-refractivity contribution in [1.82, 2.24) is 0 Å². The second kappa shape index (κ2) is 8.10. The molecule has 0 radical (unpaired) electrons. The van der Waals surface area contributed by atoms with E-state index < -0.39 is 7.26 Å². The second-order valence-corrected chi connectivity index (χ2v) is 9.65. The van der Waals surface area contributed by atoms with Crippen LogP contribution in [0.3, 0.4) is 0 Å². The van der Waals surface area contributed by atoms with Gasteiger partial charge in [-0.15, -0.1) is 0 Å². The summed E-state index contributed by atoms with van der Waals surface area (Å²) in [6.45, 7) is 9.87. The Hall–Kier alpha value is 0.949. The summed E-state index contributed by atoms with van der Waals surface area (Å²) >= 11 is 0. The quantitative estimate of drug-likeness (QED) is 0.402. The molecule has 1 fully saturated rings. The molecule has 0 spiro atoms. The van der Waals surface area contributed by atoms with Crippen LogP contribution in [0.25, 0.3) is 0 Å². The molecule has 0 aliphatic heterocycles. The van der Waals surface area contributed by atoms with Gasteiger partial charge in [0.1, 0.15) is 0 Å². The van der Waals surface area contributed by atoms with Crippen LogP contribution in [0, 0.1) is 19.8 Å². The van der Waals surface area contributed by atoms with Crippen LogP contribution in [-0.2, 0) is 17.1 Å². The van der Waals surface area contributed by atoms with Crippen molar-refractivity contribution in [1.29, 1.82) is 0 Å². The third-order valence-corrected chi connectivity index (χ3v) is 9.37. The molecule has 0 N–H and O–H groups in total. The minimum atomic E-state index is -0.583. The number of hydrogen-bond donors (Lipinski definition) is 0. The maximum atomic E-state index is 2.60. The summed E-state index contributed by atoms with van der Waals surface area (Å²) in [6.07, 6.45) is 9.64. The van der Waals surface area contributed by atoms with Gasteiger partial charge in [0.2, 0.25) is 0 Å². The fraction of sp³-hybridized carbons (Fsp3) is 0.846. The molecule has 0 aromatic heterocycles. The number of rotatable bonds is 3. The fourth-order valence-corrected chi connectivity index (χ4v) is 6.24. The smallest absolute Gasteiger partial charge is 0.358 e. The molecule has 1 aliphatic carbocycles. The van der Waals surface area contributed by atoms with Crippen molar-refractivity contribution < 1.29 is 17.1 Å². The molecule has 1 aliphatic rings. The van der Waals surface area contributed by atoms with E-state index in [1.165, 1.54) is 31.6 Å². The van der Waals surface area contributed by atoms with E-state index in [4.69, 9.17) is 0 Å². The van der Waals surface area contributed by atoms with Crippen molar-refractivity contribution in [3.05, 3.63) is 13.8 Å². The first-order valence-corrected chi connectivity index (χ1v) is 8.47. The van der Waals surface area contributed by atoms with Crippen LogP contribution in [0.4, 0.5) is 0 Å². The Balaban J connectivity index is 0. The molecule has 0 heterocycles. The first-order chi connectivity index (χ1) is 6.14. The zero-order valence-corrected chi connectivity index (χ0v) is 13.1. The van der Waals surface area contributed by atoms with Gasteiger partial charge in [-0.05, 0) is 26.2 Å². The molecule has 92 valence electrons. The van der Waals surface area contributed by atoms with Gasteiger partial charge in [0.25, 0.3) is 0 Å².